The Hall–Kier alpha value is -5.09. The van der Waals surface area contributed by atoms with Gasteiger partial charge in [-0.2, -0.15) is 0 Å². The summed E-state index contributed by atoms with van der Waals surface area (Å²) in [5, 5.41) is 11.9. The molecule has 0 bridgehead atoms. The number of quaternary nitrogens is 1. The van der Waals surface area contributed by atoms with Crippen LogP contribution < -0.4 is 5.11 Å². The van der Waals surface area contributed by atoms with Gasteiger partial charge in [0, 0.05) is 12.8 Å². The van der Waals surface area contributed by atoms with Crippen molar-refractivity contribution in [2.45, 2.75) is 347 Å². The Morgan fingerprint density at radius 3 is 0.889 bits per heavy atom. The highest BCUT2D eigenvalue weighted by Crippen LogP contribution is 2.18. The molecule has 0 aromatic rings. The molecule has 0 saturated carbocycles. The van der Waals surface area contributed by atoms with Crippen LogP contribution in [0.2, 0.25) is 0 Å². The zero-order chi connectivity index (χ0) is 71.8. The summed E-state index contributed by atoms with van der Waals surface area (Å²) in [6.07, 6.45) is 114. The Kier molecular flexibility index (Phi) is 74.6. The van der Waals surface area contributed by atoms with Gasteiger partial charge in [-0.15, -0.1) is 0 Å². The van der Waals surface area contributed by atoms with Crippen molar-refractivity contribution < 1.29 is 42.9 Å². The topological polar surface area (TPSA) is 111 Å². The number of carbonyl (C=O) groups is 3. The number of nitrogens with zero attached hydrogens (tertiary/aromatic N) is 1. The fourth-order valence-electron chi connectivity index (χ4n) is 11.1. The molecule has 0 aliphatic rings. The standard InChI is InChI=1S/C90H151NO8/c1-6-8-10-12-14-16-18-20-22-24-26-28-30-32-34-36-38-40-42-43-44-45-47-49-51-53-55-57-59-61-63-65-67-69-71-73-75-77-79-81-88(93)99-86(85-98-90(89(94)95)96-83-82-91(3,4)5)84-97-87(92)80-78-76-74-72-70-68-66-64-62-60-58-56-54-52-50-48-46-41-39-37-35-33-31-29-27-25-23-21-19-17-15-13-11-9-7-2/h8,10,14,16,20,22,25-28,32,34,38,40,43-44,47,49,53,55,59,61,65,67,71,73,86,90H,6-7,9,11-13,15,17-19,21,23-24,29-31,33,35-37,39,41-42,45-46,48,50-52,54,56-58,60,62-64,66,68-70,72,74-85H2,1-5H3/b10-8-,16-14-,22-20-,27-25-,28-26-,34-32-,40-38-,44-43-,49-47-,55-53-,61-59-,67-65-,73-71-. The zero-order valence-electron chi connectivity index (χ0n) is 64.6. The molecule has 0 aliphatic carbocycles. The molecule has 0 amide bonds. The summed E-state index contributed by atoms with van der Waals surface area (Å²) < 4.78 is 22.8. The molecule has 9 nitrogen and oxygen atoms in total. The van der Waals surface area contributed by atoms with Crippen LogP contribution in [0.25, 0.3) is 0 Å². The highest BCUT2D eigenvalue weighted by molar-refractivity contribution is 5.70. The van der Waals surface area contributed by atoms with E-state index < -0.39 is 24.3 Å². The van der Waals surface area contributed by atoms with Crippen LogP contribution in [0.1, 0.15) is 335 Å². The van der Waals surface area contributed by atoms with E-state index in [1.54, 1.807) is 0 Å². The lowest BCUT2D eigenvalue weighted by Crippen LogP contribution is -2.44. The highest BCUT2D eigenvalue weighted by Gasteiger charge is 2.22. The van der Waals surface area contributed by atoms with Gasteiger partial charge in [0.2, 0.25) is 0 Å². The Morgan fingerprint density at radius 2 is 0.576 bits per heavy atom. The molecule has 0 aromatic carbocycles. The second kappa shape index (κ2) is 78.6. The second-order valence-electron chi connectivity index (χ2n) is 28.0. The summed E-state index contributed by atoms with van der Waals surface area (Å²) in [4.78, 5) is 37.6. The smallest absolute Gasteiger partial charge is 0.306 e. The molecule has 2 unspecified atom stereocenters. The number of aliphatic carboxylic acids is 1. The fraction of sp³-hybridized carbons (Fsp3) is 0.678. The van der Waals surface area contributed by atoms with Gasteiger partial charge in [0.05, 0.1) is 40.3 Å². The van der Waals surface area contributed by atoms with E-state index in [1.165, 1.54) is 193 Å². The second-order valence-corrected chi connectivity index (χ2v) is 28.0. The minimum Gasteiger partial charge on any atom is -0.545 e. The van der Waals surface area contributed by atoms with Crippen LogP contribution in [0.4, 0.5) is 0 Å². The molecule has 0 aromatic heterocycles. The lowest BCUT2D eigenvalue weighted by molar-refractivity contribution is -0.870. The lowest BCUT2D eigenvalue weighted by Gasteiger charge is -2.26. The Bertz CT molecular complexity index is 2200. The Labute approximate surface area is 610 Å². The van der Waals surface area contributed by atoms with Gasteiger partial charge in [0.15, 0.2) is 12.4 Å². The van der Waals surface area contributed by atoms with Crippen LogP contribution >= 0.6 is 0 Å². The summed E-state index contributed by atoms with van der Waals surface area (Å²) in [5.74, 6) is -2.34. The Morgan fingerprint density at radius 1 is 0.313 bits per heavy atom. The van der Waals surface area contributed by atoms with Crippen molar-refractivity contribution in [3.8, 4) is 0 Å². The fourth-order valence-corrected chi connectivity index (χ4v) is 11.1. The number of ether oxygens (including phenoxy) is 4. The predicted octanol–water partition coefficient (Wildman–Crippen LogP) is 25.0. The molecule has 2 atom stereocenters. The van der Waals surface area contributed by atoms with Crippen LogP contribution in [-0.4, -0.2) is 82.3 Å². The van der Waals surface area contributed by atoms with Crippen molar-refractivity contribution in [2.24, 2.45) is 0 Å². The minimum atomic E-state index is -1.64. The Balaban J connectivity index is 4.15. The van der Waals surface area contributed by atoms with Crippen LogP contribution in [0.15, 0.2) is 158 Å². The quantitative estimate of drug-likeness (QED) is 0.0195. The largest absolute Gasteiger partial charge is 0.545 e. The molecule has 0 spiro atoms. The highest BCUT2D eigenvalue weighted by atomic mass is 16.7. The van der Waals surface area contributed by atoms with Gasteiger partial charge < -0.3 is 33.3 Å². The average Bonchev–Trinajstić information content (AvgIpc) is 1.14. The molecule has 0 radical (unpaired) electrons. The van der Waals surface area contributed by atoms with Crippen LogP contribution in [-0.2, 0) is 33.3 Å². The lowest BCUT2D eigenvalue weighted by atomic mass is 10.0. The van der Waals surface area contributed by atoms with E-state index in [1.807, 2.05) is 21.1 Å². The van der Waals surface area contributed by atoms with Gasteiger partial charge in [-0.05, 0) is 128 Å². The number of hydrogen-bond donors (Lipinski definition) is 0. The first kappa shape index (κ1) is 93.9. The molecule has 0 rings (SSSR count). The van der Waals surface area contributed by atoms with Crippen molar-refractivity contribution in [1.29, 1.82) is 0 Å². The third kappa shape index (κ3) is 80.1. The normalized spacial score (nSPS) is 13.5. The molecule has 0 N–H and O–H groups in total. The number of hydrogen-bond acceptors (Lipinski definition) is 8. The van der Waals surface area contributed by atoms with E-state index in [-0.39, 0.29) is 38.6 Å². The van der Waals surface area contributed by atoms with Gasteiger partial charge in [-0.1, -0.05) is 352 Å². The molecule has 0 saturated heterocycles. The van der Waals surface area contributed by atoms with E-state index in [0.717, 1.165) is 109 Å². The van der Waals surface area contributed by atoms with E-state index in [2.05, 4.69) is 172 Å². The first-order chi connectivity index (χ1) is 48.6. The summed E-state index contributed by atoms with van der Waals surface area (Å²) in [7, 11) is 5.92. The van der Waals surface area contributed by atoms with Gasteiger partial charge in [-0.3, -0.25) is 9.59 Å². The molecule has 564 valence electrons. The minimum absolute atomic E-state index is 0.132. The van der Waals surface area contributed by atoms with Gasteiger partial charge in [0.25, 0.3) is 0 Å². The molecule has 9 heteroatoms. The molecule has 0 fully saturated rings. The van der Waals surface area contributed by atoms with Gasteiger partial charge in [0.1, 0.15) is 13.2 Å². The third-order valence-electron chi connectivity index (χ3n) is 17.3. The molecular formula is C90H151NO8. The van der Waals surface area contributed by atoms with Gasteiger partial charge in [-0.25, -0.2) is 0 Å². The number of carboxylic acids is 1. The monoisotopic (exact) mass is 1370 g/mol. The average molecular weight is 1380 g/mol. The molecule has 0 aliphatic heterocycles. The number of allylic oxidation sites excluding steroid dienone is 26. The van der Waals surface area contributed by atoms with Crippen LogP contribution in [0, 0.1) is 0 Å². The predicted molar refractivity (Wildman–Crippen MR) is 425 cm³/mol. The summed E-state index contributed by atoms with van der Waals surface area (Å²) in [5.41, 5.74) is 0. The van der Waals surface area contributed by atoms with E-state index in [4.69, 9.17) is 18.9 Å². The summed E-state index contributed by atoms with van der Waals surface area (Å²) in [6, 6.07) is 0. The maximum absolute atomic E-state index is 13.0. The van der Waals surface area contributed by atoms with Crippen molar-refractivity contribution in [1.82, 2.24) is 0 Å². The number of carboxylic acid groups (broad SMARTS) is 1. The number of unbranched alkanes of at least 4 members (excludes halogenated alkanes) is 33. The summed E-state index contributed by atoms with van der Waals surface area (Å²) in [6.45, 7) is 4.60. The zero-order valence-corrected chi connectivity index (χ0v) is 64.6. The maximum atomic E-state index is 13.0. The number of likely N-dealkylation sites (N-methyl/N-ethyl adjacent to an activating group) is 1. The van der Waals surface area contributed by atoms with Crippen LogP contribution in [0.3, 0.4) is 0 Å². The van der Waals surface area contributed by atoms with Crippen molar-refractivity contribution in [3.63, 3.8) is 0 Å². The van der Waals surface area contributed by atoms with E-state index in [0.29, 0.717) is 17.4 Å². The number of carbonyl (C=O) groups excluding carboxylic acids is 3. The number of esters is 2. The van der Waals surface area contributed by atoms with E-state index in [9.17, 15) is 19.5 Å². The van der Waals surface area contributed by atoms with Crippen molar-refractivity contribution in [2.75, 3.05) is 47.5 Å². The molecular weight excluding hydrogens is 1220 g/mol. The summed E-state index contributed by atoms with van der Waals surface area (Å²) >= 11 is 0. The van der Waals surface area contributed by atoms with E-state index >= 15 is 0 Å². The van der Waals surface area contributed by atoms with Crippen molar-refractivity contribution in [3.05, 3.63) is 158 Å². The first-order valence-electron chi connectivity index (χ1n) is 40.6. The van der Waals surface area contributed by atoms with Gasteiger partial charge >= 0.3 is 11.9 Å². The number of rotatable bonds is 74. The molecule has 0 heterocycles. The third-order valence-corrected chi connectivity index (χ3v) is 17.3. The molecule has 99 heavy (non-hydrogen) atoms. The van der Waals surface area contributed by atoms with Crippen LogP contribution in [0.5, 0.6) is 0 Å². The first-order valence-corrected chi connectivity index (χ1v) is 40.6. The maximum Gasteiger partial charge on any atom is 0.306 e. The SMILES string of the molecule is CC/C=C\C/C=C\C/C=C\C/C=C\C/C=C\C/C=C\C/C=C\C/C=C\C/C=C\C/C=C\C/C=C\C/C=C\CCCCC(=O)OC(COC(=O)CCCCCCCCCCCCCCCCCCCCCCCCC/C=C\CCCCCCCCCC)COC(OCC[N+](C)(C)C)C(=O)[O-]. The van der Waals surface area contributed by atoms with Crippen molar-refractivity contribution >= 4 is 17.9 Å².